The van der Waals surface area contributed by atoms with Crippen molar-refractivity contribution in [1.82, 2.24) is 19.7 Å². The number of aryl methyl sites for hydroxylation is 1. The molecule has 0 bridgehead atoms. The summed E-state index contributed by atoms with van der Waals surface area (Å²) >= 11 is 0. The summed E-state index contributed by atoms with van der Waals surface area (Å²) in [6, 6.07) is 16.0. The molecule has 0 saturated carbocycles. The van der Waals surface area contributed by atoms with Crippen LogP contribution in [0.4, 0.5) is 11.5 Å². The molecule has 4 rings (SSSR count). The lowest BCUT2D eigenvalue weighted by Gasteiger charge is -2.08. The maximum absolute atomic E-state index is 5.21. The van der Waals surface area contributed by atoms with Crippen LogP contribution >= 0.6 is 0 Å². The average molecular weight is 345 g/mol. The zero-order valence-corrected chi connectivity index (χ0v) is 14.7. The van der Waals surface area contributed by atoms with Gasteiger partial charge in [0.15, 0.2) is 5.65 Å². The summed E-state index contributed by atoms with van der Waals surface area (Å²) in [7, 11) is 1.65. The molecule has 0 aliphatic heterocycles. The molecule has 2 heterocycles. The van der Waals surface area contributed by atoms with Crippen LogP contribution in [0, 0.1) is 0 Å². The van der Waals surface area contributed by atoms with Crippen LogP contribution in [0.2, 0.25) is 0 Å². The minimum absolute atomic E-state index is 0.735. The van der Waals surface area contributed by atoms with Crippen molar-refractivity contribution in [3.05, 3.63) is 66.6 Å². The van der Waals surface area contributed by atoms with Crippen LogP contribution in [0.1, 0.15) is 12.5 Å². The molecular weight excluding hydrogens is 326 g/mol. The molecule has 0 fully saturated rings. The third-order valence-corrected chi connectivity index (χ3v) is 4.31. The van der Waals surface area contributed by atoms with E-state index >= 15 is 0 Å². The van der Waals surface area contributed by atoms with Gasteiger partial charge in [0.25, 0.3) is 0 Å². The standard InChI is InChI=1S/C20H19N5O/c1-3-14-4-6-15(7-5-14)24-19-18-12-23-25(20(18)22-13-21-19)16-8-10-17(26-2)11-9-16/h4-13H,3H2,1-2H3,(H,21,22,24). The number of fused-ring (bicyclic) bond motifs is 1. The summed E-state index contributed by atoms with van der Waals surface area (Å²) in [5.41, 5.74) is 3.95. The van der Waals surface area contributed by atoms with Crippen molar-refractivity contribution in [2.45, 2.75) is 13.3 Å². The average Bonchev–Trinajstić information content (AvgIpc) is 3.14. The fraction of sp³-hybridized carbons (Fsp3) is 0.150. The van der Waals surface area contributed by atoms with Crippen LogP contribution in [-0.2, 0) is 6.42 Å². The van der Waals surface area contributed by atoms with E-state index in [2.05, 4.69) is 51.6 Å². The van der Waals surface area contributed by atoms with E-state index in [-0.39, 0.29) is 0 Å². The summed E-state index contributed by atoms with van der Waals surface area (Å²) < 4.78 is 7.00. The Kier molecular flexibility index (Phi) is 4.23. The number of benzene rings is 2. The molecule has 0 spiro atoms. The first-order chi connectivity index (χ1) is 12.8. The minimum atomic E-state index is 0.735. The predicted molar refractivity (Wildman–Crippen MR) is 102 cm³/mol. The third-order valence-electron chi connectivity index (χ3n) is 4.31. The highest BCUT2D eigenvalue weighted by molar-refractivity contribution is 5.89. The van der Waals surface area contributed by atoms with Crippen molar-refractivity contribution in [2.24, 2.45) is 0 Å². The normalized spacial score (nSPS) is 10.8. The van der Waals surface area contributed by atoms with E-state index in [9.17, 15) is 0 Å². The van der Waals surface area contributed by atoms with Gasteiger partial charge in [0.2, 0.25) is 0 Å². The molecular formula is C20H19N5O. The fourth-order valence-electron chi connectivity index (χ4n) is 2.82. The number of hydrogen-bond donors (Lipinski definition) is 1. The molecule has 0 unspecified atom stereocenters. The number of hydrogen-bond acceptors (Lipinski definition) is 5. The summed E-state index contributed by atoms with van der Waals surface area (Å²) in [4.78, 5) is 8.79. The van der Waals surface area contributed by atoms with Crippen LogP contribution in [-0.4, -0.2) is 26.9 Å². The highest BCUT2D eigenvalue weighted by Crippen LogP contribution is 2.25. The molecule has 1 N–H and O–H groups in total. The Hall–Kier alpha value is -3.41. The first kappa shape index (κ1) is 16.1. The number of aromatic nitrogens is 4. The van der Waals surface area contributed by atoms with Gasteiger partial charge in [-0.05, 0) is 48.4 Å². The highest BCUT2D eigenvalue weighted by atomic mass is 16.5. The molecule has 0 radical (unpaired) electrons. The van der Waals surface area contributed by atoms with Gasteiger partial charge in [0.1, 0.15) is 17.9 Å². The molecule has 2 aromatic heterocycles. The molecule has 26 heavy (non-hydrogen) atoms. The summed E-state index contributed by atoms with van der Waals surface area (Å²) in [6.45, 7) is 2.14. The molecule has 130 valence electrons. The lowest BCUT2D eigenvalue weighted by atomic mass is 10.1. The van der Waals surface area contributed by atoms with Crippen LogP contribution in [0.5, 0.6) is 5.75 Å². The Morgan fingerprint density at radius 3 is 2.46 bits per heavy atom. The van der Waals surface area contributed by atoms with Crippen LogP contribution in [0.15, 0.2) is 61.1 Å². The lowest BCUT2D eigenvalue weighted by Crippen LogP contribution is -1.99. The first-order valence-corrected chi connectivity index (χ1v) is 8.47. The van der Waals surface area contributed by atoms with Gasteiger partial charge in [-0.2, -0.15) is 5.10 Å². The zero-order chi connectivity index (χ0) is 17.9. The maximum atomic E-state index is 5.21. The number of rotatable bonds is 5. The molecule has 0 atom stereocenters. The van der Waals surface area contributed by atoms with Crippen LogP contribution < -0.4 is 10.1 Å². The van der Waals surface area contributed by atoms with Crippen molar-refractivity contribution >= 4 is 22.5 Å². The van der Waals surface area contributed by atoms with Crippen molar-refractivity contribution in [2.75, 3.05) is 12.4 Å². The van der Waals surface area contributed by atoms with Gasteiger partial charge in [0.05, 0.1) is 24.4 Å². The summed E-state index contributed by atoms with van der Waals surface area (Å²) in [6.07, 6.45) is 4.35. The molecule has 4 aromatic rings. The van der Waals surface area contributed by atoms with Gasteiger partial charge in [-0.3, -0.25) is 0 Å². The summed E-state index contributed by atoms with van der Waals surface area (Å²) in [5.74, 6) is 1.54. The monoisotopic (exact) mass is 345 g/mol. The van der Waals surface area contributed by atoms with Crippen molar-refractivity contribution in [1.29, 1.82) is 0 Å². The highest BCUT2D eigenvalue weighted by Gasteiger charge is 2.11. The Labute approximate surface area is 151 Å². The number of methoxy groups -OCH3 is 1. The predicted octanol–water partition coefficient (Wildman–Crippen LogP) is 4.13. The molecule has 0 saturated heterocycles. The molecule has 6 heteroatoms. The molecule has 2 aromatic carbocycles. The lowest BCUT2D eigenvalue weighted by molar-refractivity contribution is 0.414. The Bertz CT molecular complexity index is 1020. The molecule has 6 nitrogen and oxygen atoms in total. The number of nitrogens with one attached hydrogen (secondary N) is 1. The van der Waals surface area contributed by atoms with Gasteiger partial charge in [0, 0.05) is 5.69 Å². The van der Waals surface area contributed by atoms with E-state index in [1.54, 1.807) is 24.3 Å². The Morgan fingerprint density at radius 2 is 1.77 bits per heavy atom. The number of anilines is 2. The van der Waals surface area contributed by atoms with Gasteiger partial charge in [-0.1, -0.05) is 19.1 Å². The quantitative estimate of drug-likeness (QED) is 0.589. The van der Waals surface area contributed by atoms with Crippen LogP contribution in [0.25, 0.3) is 16.7 Å². The minimum Gasteiger partial charge on any atom is -0.497 e. The smallest absolute Gasteiger partial charge is 0.168 e. The van der Waals surface area contributed by atoms with Crippen LogP contribution in [0.3, 0.4) is 0 Å². The second-order valence-electron chi connectivity index (χ2n) is 5.89. The third kappa shape index (κ3) is 2.97. The molecule has 0 amide bonds. The molecule has 0 aliphatic carbocycles. The SMILES string of the molecule is CCc1ccc(Nc2ncnc3c2cnn3-c2ccc(OC)cc2)cc1. The van der Waals surface area contributed by atoms with Gasteiger partial charge in [-0.15, -0.1) is 0 Å². The Balaban J connectivity index is 1.69. The first-order valence-electron chi connectivity index (χ1n) is 8.47. The second kappa shape index (κ2) is 6.84. The topological polar surface area (TPSA) is 64.9 Å². The van der Waals surface area contributed by atoms with Gasteiger partial charge in [-0.25, -0.2) is 14.6 Å². The van der Waals surface area contributed by atoms with E-state index < -0.39 is 0 Å². The zero-order valence-electron chi connectivity index (χ0n) is 14.7. The van der Waals surface area contributed by atoms with Crippen molar-refractivity contribution < 1.29 is 4.74 Å². The van der Waals surface area contributed by atoms with E-state index in [1.807, 2.05) is 24.3 Å². The Morgan fingerprint density at radius 1 is 1.00 bits per heavy atom. The number of ether oxygens (including phenoxy) is 1. The van der Waals surface area contributed by atoms with Crippen molar-refractivity contribution in [3.63, 3.8) is 0 Å². The van der Waals surface area contributed by atoms with E-state index in [1.165, 1.54) is 5.56 Å². The van der Waals surface area contributed by atoms with Crippen molar-refractivity contribution in [3.8, 4) is 11.4 Å². The summed E-state index contributed by atoms with van der Waals surface area (Å²) in [5, 5.41) is 8.70. The van der Waals surface area contributed by atoms with E-state index in [4.69, 9.17) is 4.74 Å². The van der Waals surface area contributed by atoms with Gasteiger partial charge >= 0.3 is 0 Å². The van der Waals surface area contributed by atoms with E-state index in [0.29, 0.717) is 0 Å². The maximum Gasteiger partial charge on any atom is 0.168 e. The van der Waals surface area contributed by atoms with E-state index in [0.717, 1.165) is 40.4 Å². The number of nitrogens with zero attached hydrogens (tertiary/aromatic N) is 4. The largest absolute Gasteiger partial charge is 0.497 e. The fourth-order valence-corrected chi connectivity index (χ4v) is 2.82. The molecule has 0 aliphatic rings. The van der Waals surface area contributed by atoms with Gasteiger partial charge < -0.3 is 10.1 Å². The second-order valence-corrected chi connectivity index (χ2v) is 5.89.